The van der Waals surface area contributed by atoms with Gasteiger partial charge in [-0.3, -0.25) is 0 Å². The summed E-state index contributed by atoms with van der Waals surface area (Å²) in [4.78, 5) is 48.3. The minimum Gasteiger partial charge on any atom is -0.449 e. The van der Waals surface area contributed by atoms with Crippen LogP contribution >= 0.6 is 0 Å². The smallest absolute Gasteiger partial charge is 0.346 e. The SMILES string of the molecule is C[Si](C)(O[Si](C)(C)c1cccc2c1C(=O)OC2=O)c1cccc2c1C(=O)OC2=O. The van der Waals surface area contributed by atoms with Crippen LogP contribution in [-0.4, -0.2) is 40.5 Å². The van der Waals surface area contributed by atoms with Gasteiger partial charge < -0.3 is 13.6 Å². The van der Waals surface area contributed by atoms with E-state index in [1.807, 2.05) is 26.2 Å². The van der Waals surface area contributed by atoms with Gasteiger partial charge in [-0.15, -0.1) is 0 Å². The maximum absolute atomic E-state index is 12.2. The number of esters is 4. The van der Waals surface area contributed by atoms with Gasteiger partial charge >= 0.3 is 23.9 Å². The van der Waals surface area contributed by atoms with Crippen LogP contribution in [0.3, 0.4) is 0 Å². The molecule has 2 heterocycles. The number of benzene rings is 2. The molecule has 7 nitrogen and oxygen atoms in total. The molecule has 0 spiro atoms. The molecule has 0 aliphatic carbocycles. The Labute approximate surface area is 168 Å². The van der Waals surface area contributed by atoms with Crippen molar-refractivity contribution >= 4 is 50.9 Å². The molecule has 0 saturated heterocycles. The molecule has 2 aliphatic heterocycles. The number of cyclic esters (lactones) is 4. The van der Waals surface area contributed by atoms with E-state index in [-0.39, 0.29) is 22.3 Å². The Morgan fingerprint density at radius 1 is 0.621 bits per heavy atom. The van der Waals surface area contributed by atoms with Crippen LogP contribution in [0.5, 0.6) is 0 Å². The molecule has 0 aromatic heterocycles. The Bertz CT molecular complexity index is 1030. The van der Waals surface area contributed by atoms with Crippen LogP contribution in [0.15, 0.2) is 36.4 Å². The van der Waals surface area contributed by atoms with Crippen molar-refractivity contribution in [2.45, 2.75) is 26.2 Å². The summed E-state index contributed by atoms with van der Waals surface area (Å²) in [6, 6.07) is 10.1. The minimum atomic E-state index is -2.73. The molecule has 2 aliphatic rings. The molecular weight excluding hydrogens is 408 g/mol. The highest BCUT2D eigenvalue weighted by Gasteiger charge is 2.45. The molecule has 0 saturated carbocycles. The molecule has 0 amide bonds. The van der Waals surface area contributed by atoms with Crippen LogP contribution in [-0.2, 0) is 13.6 Å². The summed E-state index contributed by atoms with van der Waals surface area (Å²) in [5, 5.41) is 1.33. The highest BCUT2D eigenvalue weighted by Crippen LogP contribution is 2.26. The third-order valence-electron chi connectivity index (χ3n) is 5.16. The Hall–Kier alpha value is -2.89. The molecule has 29 heavy (non-hydrogen) atoms. The Morgan fingerprint density at radius 3 is 1.38 bits per heavy atom. The number of rotatable bonds is 4. The van der Waals surface area contributed by atoms with Gasteiger partial charge in [-0.2, -0.15) is 0 Å². The highest BCUT2D eigenvalue weighted by molar-refractivity contribution is 6.97. The van der Waals surface area contributed by atoms with Crippen molar-refractivity contribution in [3.8, 4) is 0 Å². The Kier molecular flexibility index (Phi) is 4.23. The number of hydrogen-bond donors (Lipinski definition) is 0. The lowest BCUT2D eigenvalue weighted by Crippen LogP contribution is -2.59. The summed E-state index contributed by atoms with van der Waals surface area (Å²) >= 11 is 0. The van der Waals surface area contributed by atoms with Gasteiger partial charge in [0.05, 0.1) is 22.3 Å². The second-order valence-electron chi connectivity index (χ2n) is 7.93. The number of carbonyl (C=O) groups excluding carboxylic acids is 4. The summed E-state index contributed by atoms with van der Waals surface area (Å²) in [6.07, 6.45) is 0. The predicted molar refractivity (Wildman–Crippen MR) is 108 cm³/mol. The number of hydrogen-bond acceptors (Lipinski definition) is 7. The van der Waals surface area contributed by atoms with Gasteiger partial charge in [0, 0.05) is 0 Å². The fraction of sp³-hybridized carbons (Fsp3) is 0.200. The first-order valence-corrected chi connectivity index (χ1v) is 14.8. The molecule has 0 unspecified atom stereocenters. The zero-order chi connectivity index (χ0) is 21.1. The van der Waals surface area contributed by atoms with Crippen LogP contribution in [0, 0.1) is 0 Å². The topological polar surface area (TPSA) is 96.0 Å². The van der Waals surface area contributed by atoms with Crippen LogP contribution in [0.25, 0.3) is 0 Å². The zero-order valence-corrected chi connectivity index (χ0v) is 18.3. The van der Waals surface area contributed by atoms with Gasteiger partial charge in [-0.25, -0.2) is 19.2 Å². The Morgan fingerprint density at radius 2 is 1.00 bits per heavy atom. The van der Waals surface area contributed by atoms with Gasteiger partial charge in [0.25, 0.3) is 0 Å². The van der Waals surface area contributed by atoms with E-state index < -0.39 is 40.5 Å². The first-order chi connectivity index (χ1) is 13.5. The van der Waals surface area contributed by atoms with E-state index in [4.69, 9.17) is 13.6 Å². The highest BCUT2D eigenvalue weighted by atomic mass is 28.4. The first kappa shape index (κ1) is 19.4. The standard InChI is InChI=1S/C20H18O7Si2/c1-28(2,13-9-5-7-11-15(13)19(23)25-17(11)21)27-29(3,4)14-10-6-8-12-16(14)20(24)26-18(12)22/h5-10H,1-4H3. The summed E-state index contributed by atoms with van der Waals surface area (Å²) < 4.78 is 16.2. The normalized spacial score (nSPS) is 15.9. The molecule has 0 N–H and O–H groups in total. The van der Waals surface area contributed by atoms with Crippen LogP contribution in [0.2, 0.25) is 26.2 Å². The van der Waals surface area contributed by atoms with Gasteiger partial charge in [-0.1, -0.05) is 24.3 Å². The average molecular weight is 427 g/mol. The molecule has 2 aromatic carbocycles. The molecule has 0 atom stereocenters. The van der Waals surface area contributed by atoms with E-state index in [0.717, 1.165) is 0 Å². The molecule has 0 bridgehead atoms. The van der Waals surface area contributed by atoms with Gasteiger partial charge in [0.1, 0.15) is 0 Å². The number of ether oxygens (including phenoxy) is 2. The Balaban J connectivity index is 1.77. The summed E-state index contributed by atoms with van der Waals surface area (Å²) in [5.74, 6) is -2.65. The van der Waals surface area contributed by atoms with Crippen molar-refractivity contribution in [2.24, 2.45) is 0 Å². The van der Waals surface area contributed by atoms with Crippen molar-refractivity contribution in [3.63, 3.8) is 0 Å². The largest absolute Gasteiger partial charge is 0.449 e. The summed E-state index contributed by atoms with van der Waals surface area (Å²) in [7, 11) is -5.45. The van der Waals surface area contributed by atoms with E-state index >= 15 is 0 Å². The van der Waals surface area contributed by atoms with Crippen LogP contribution in [0.1, 0.15) is 41.4 Å². The maximum atomic E-state index is 12.2. The van der Waals surface area contributed by atoms with E-state index in [9.17, 15) is 19.2 Å². The monoisotopic (exact) mass is 426 g/mol. The second-order valence-corrected chi connectivity index (χ2v) is 15.9. The molecular formula is C20H18O7Si2. The fourth-order valence-electron chi connectivity index (χ4n) is 4.02. The van der Waals surface area contributed by atoms with Crippen molar-refractivity contribution in [1.82, 2.24) is 0 Å². The van der Waals surface area contributed by atoms with Crippen molar-refractivity contribution < 1.29 is 32.8 Å². The van der Waals surface area contributed by atoms with E-state index in [2.05, 4.69) is 0 Å². The quantitative estimate of drug-likeness (QED) is 0.418. The zero-order valence-electron chi connectivity index (χ0n) is 16.3. The van der Waals surface area contributed by atoms with Crippen molar-refractivity contribution in [3.05, 3.63) is 58.7 Å². The van der Waals surface area contributed by atoms with E-state index in [0.29, 0.717) is 10.4 Å². The van der Waals surface area contributed by atoms with Crippen LogP contribution < -0.4 is 10.4 Å². The van der Waals surface area contributed by atoms with Gasteiger partial charge in [0.2, 0.25) is 16.6 Å². The molecule has 4 rings (SSSR count). The molecule has 0 fully saturated rings. The summed E-state index contributed by atoms with van der Waals surface area (Å²) in [6.45, 7) is 7.72. The third-order valence-corrected chi connectivity index (χ3v) is 12.7. The van der Waals surface area contributed by atoms with Gasteiger partial charge in [-0.05, 0) is 48.7 Å². The predicted octanol–water partition coefficient (Wildman–Crippen LogP) is 1.85. The molecule has 148 valence electrons. The molecule has 9 heteroatoms. The summed E-state index contributed by atoms with van der Waals surface area (Å²) in [5.41, 5.74) is 0.996. The lowest BCUT2D eigenvalue weighted by Gasteiger charge is -2.35. The minimum absolute atomic E-state index is 0.242. The molecule has 2 aromatic rings. The average Bonchev–Trinajstić information content (AvgIpc) is 3.10. The maximum Gasteiger partial charge on any atom is 0.346 e. The van der Waals surface area contributed by atoms with Gasteiger partial charge in [0.15, 0.2) is 0 Å². The fourth-order valence-corrected chi connectivity index (χ4v) is 12.7. The lowest BCUT2D eigenvalue weighted by molar-refractivity contribution is 0.0426. The van der Waals surface area contributed by atoms with Crippen LogP contribution in [0.4, 0.5) is 0 Å². The van der Waals surface area contributed by atoms with Crippen molar-refractivity contribution in [1.29, 1.82) is 0 Å². The lowest BCUT2D eigenvalue weighted by atomic mass is 10.1. The van der Waals surface area contributed by atoms with E-state index in [1.165, 1.54) is 0 Å². The van der Waals surface area contributed by atoms with E-state index in [1.54, 1.807) is 36.4 Å². The number of fused-ring (bicyclic) bond motifs is 2. The first-order valence-electron chi connectivity index (χ1n) is 9.03. The van der Waals surface area contributed by atoms with Crippen molar-refractivity contribution in [2.75, 3.05) is 0 Å². The number of carbonyl (C=O) groups is 4. The second kappa shape index (κ2) is 6.31. The third kappa shape index (κ3) is 2.98. The molecule has 0 radical (unpaired) electrons.